The van der Waals surface area contributed by atoms with E-state index in [2.05, 4.69) is 15.3 Å². The third-order valence-electron chi connectivity index (χ3n) is 5.87. The Morgan fingerprint density at radius 3 is 2.73 bits per heavy atom. The Hall–Kier alpha value is -2.61. The summed E-state index contributed by atoms with van der Waals surface area (Å²) in [5, 5.41) is 4.24. The molecule has 1 spiro atoms. The van der Waals surface area contributed by atoms with Gasteiger partial charge in [-0.05, 0) is 38.3 Å². The van der Waals surface area contributed by atoms with Crippen molar-refractivity contribution in [3.05, 3.63) is 52.6 Å². The molecule has 1 aliphatic heterocycles. The van der Waals surface area contributed by atoms with Gasteiger partial charge < -0.3 is 10.1 Å². The van der Waals surface area contributed by atoms with E-state index in [0.717, 1.165) is 18.9 Å². The number of pyridine rings is 1. The van der Waals surface area contributed by atoms with Crippen molar-refractivity contribution in [1.29, 1.82) is 0 Å². The lowest BCUT2D eigenvalue weighted by Crippen LogP contribution is -2.17. The molecular weight excluding hydrogens is 417 g/mol. The second-order valence-corrected chi connectivity index (χ2v) is 8.27. The molecule has 0 unspecified atom stereocenters. The van der Waals surface area contributed by atoms with Crippen molar-refractivity contribution >= 4 is 28.3 Å². The second-order valence-electron chi connectivity index (χ2n) is 7.89. The van der Waals surface area contributed by atoms with Crippen LogP contribution in [0.15, 0.2) is 30.5 Å². The number of ether oxygens (including phenoxy) is 1. The Kier molecular flexibility index (Phi) is 4.32. The van der Waals surface area contributed by atoms with Crippen molar-refractivity contribution in [3.63, 3.8) is 0 Å². The van der Waals surface area contributed by atoms with Gasteiger partial charge in [0.05, 0.1) is 29.9 Å². The van der Waals surface area contributed by atoms with E-state index in [1.165, 1.54) is 6.07 Å². The first-order chi connectivity index (χ1) is 14.3. The predicted octanol–water partition coefficient (Wildman–Crippen LogP) is 5.68. The molecule has 1 fully saturated rings. The average molecular weight is 435 g/mol. The standard InChI is InChI=1S/C21H18ClF3N4O/c1-11-12-3-2-4-14(21(23,24)25)17(12)30-8-7-20(5-6-20)19-28-15-10-26-16(22)9-13(15)18(27-11)29-19/h2-4,9-11H,5-8H2,1H3,(H,27,28,29)/t11-/m1/s1. The highest BCUT2D eigenvalue weighted by atomic mass is 35.5. The number of rotatable bonds is 0. The molecule has 1 atom stereocenters. The van der Waals surface area contributed by atoms with E-state index in [1.807, 2.05) is 0 Å². The molecule has 0 radical (unpaired) electrons. The van der Waals surface area contributed by atoms with Gasteiger partial charge in [-0.15, -0.1) is 0 Å². The number of fused-ring (bicyclic) bond motifs is 6. The zero-order chi connectivity index (χ0) is 21.1. The molecule has 1 saturated carbocycles. The molecule has 1 aliphatic carbocycles. The van der Waals surface area contributed by atoms with Gasteiger partial charge in [-0.2, -0.15) is 13.2 Å². The molecular formula is C21H18ClF3N4O. The monoisotopic (exact) mass is 434 g/mol. The summed E-state index contributed by atoms with van der Waals surface area (Å²) in [6.45, 7) is 1.94. The summed E-state index contributed by atoms with van der Waals surface area (Å²) >= 11 is 6.08. The van der Waals surface area contributed by atoms with E-state index in [0.29, 0.717) is 39.7 Å². The summed E-state index contributed by atoms with van der Waals surface area (Å²) in [5.41, 5.74) is 0.0121. The molecule has 2 aliphatic rings. The van der Waals surface area contributed by atoms with E-state index < -0.39 is 17.8 Å². The fourth-order valence-electron chi connectivity index (χ4n) is 4.00. The quantitative estimate of drug-likeness (QED) is 0.461. The topological polar surface area (TPSA) is 59.9 Å². The number of hydrogen-bond acceptors (Lipinski definition) is 5. The smallest absolute Gasteiger partial charge is 0.419 e. The molecule has 3 heterocycles. The molecule has 0 amide bonds. The van der Waals surface area contributed by atoms with Crippen LogP contribution in [0.1, 0.15) is 49.2 Å². The fourth-order valence-corrected chi connectivity index (χ4v) is 4.16. The minimum absolute atomic E-state index is 0.132. The van der Waals surface area contributed by atoms with Crippen LogP contribution in [0.3, 0.4) is 0 Å². The maximum absolute atomic E-state index is 13.7. The van der Waals surface area contributed by atoms with Crippen LogP contribution in [0, 0.1) is 0 Å². The first-order valence-electron chi connectivity index (χ1n) is 9.70. The first-order valence-corrected chi connectivity index (χ1v) is 10.1. The average Bonchev–Trinajstić information content (AvgIpc) is 3.48. The van der Waals surface area contributed by atoms with Crippen LogP contribution < -0.4 is 10.1 Å². The third kappa shape index (κ3) is 3.23. The molecule has 3 aromatic rings. The fraction of sp³-hybridized carbons (Fsp3) is 0.381. The molecule has 9 heteroatoms. The molecule has 1 aromatic carbocycles. The zero-order valence-corrected chi connectivity index (χ0v) is 16.8. The van der Waals surface area contributed by atoms with Crippen LogP contribution in [-0.2, 0) is 11.6 Å². The number of benzene rings is 1. The van der Waals surface area contributed by atoms with Gasteiger partial charge in [0.15, 0.2) is 0 Å². The van der Waals surface area contributed by atoms with Crippen molar-refractivity contribution in [2.24, 2.45) is 0 Å². The minimum atomic E-state index is -4.51. The first kappa shape index (κ1) is 19.4. The summed E-state index contributed by atoms with van der Waals surface area (Å²) in [6, 6.07) is 5.27. The lowest BCUT2D eigenvalue weighted by atomic mass is 10.0. The van der Waals surface area contributed by atoms with Crippen molar-refractivity contribution in [3.8, 4) is 5.75 Å². The molecule has 30 heavy (non-hydrogen) atoms. The van der Waals surface area contributed by atoms with Crippen molar-refractivity contribution in [1.82, 2.24) is 15.0 Å². The lowest BCUT2D eigenvalue weighted by molar-refractivity contribution is -0.139. The highest BCUT2D eigenvalue weighted by molar-refractivity contribution is 6.30. The number of para-hydroxylation sites is 1. The Morgan fingerprint density at radius 1 is 1.20 bits per heavy atom. The van der Waals surface area contributed by atoms with Crippen LogP contribution in [-0.4, -0.2) is 21.6 Å². The molecule has 156 valence electrons. The number of halogens is 4. The van der Waals surface area contributed by atoms with E-state index in [9.17, 15) is 13.2 Å². The molecule has 2 aromatic heterocycles. The summed E-state index contributed by atoms with van der Waals surface area (Å²) < 4.78 is 46.7. The highest BCUT2D eigenvalue weighted by Gasteiger charge is 2.47. The van der Waals surface area contributed by atoms with Crippen molar-refractivity contribution in [2.75, 3.05) is 11.9 Å². The van der Waals surface area contributed by atoms with E-state index in [1.54, 1.807) is 25.3 Å². The minimum Gasteiger partial charge on any atom is -0.493 e. The lowest BCUT2D eigenvalue weighted by Gasteiger charge is -2.22. The van der Waals surface area contributed by atoms with Crippen molar-refractivity contribution in [2.45, 2.75) is 43.8 Å². The highest BCUT2D eigenvalue weighted by Crippen LogP contribution is 2.51. The van der Waals surface area contributed by atoms with Crippen LogP contribution in [0.5, 0.6) is 5.75 Å². The molecule has 2 bridgehead atoms. The maximum Gasteiger partial charge on any atom is 0.419 e. The predicted molar refractivity (Wildman–Crippen MR) is 107 cm³/mol. The van der Waals surface area contributed by atoms with Crippen LogP contribution in [0.2, 0.25) is 5.15 Å². The van der Waals surface area contributed by atoms with Gasteiger partial charge in [0, 0.05) is 16.4 Å². The number of anilines is 1. The number of aromatic nitrogens is 3. The van der Waals surface area contributed by atoms with E-state index in [-0.39, 0.29) is 17.8 Å². The molecule has 5 rings (SSSR count). The Bertz CT molecular complexity index is 1150. The normalized spacial score (nSPS) is 20.1. The Morgan fingerprint density at radius 2 is 2.00 bits per heavy atom. The van der Waals surface area contributed by atoms with Gasteiger partial charge in [0.2, 0.25) is 0 Å². The largest absolute Gasteiger partial charge is 0.493 e. The van der Waals surface area contributed by atoms with Gasteiger partial charge >= 0.3 is 6.18 Å². The SMILES string of the molecule is C[C@H]1Nc2nc(nc3cnc(Cl)cc23)C2(CCOc3c1cccc3C(F)(F)F)CC2. The Labute approximate surface area is 175 Å². The maximum atomic E-state index is 13.7. The summed E-state index contributed by atoms with van der Waals surface area (Å²) in [7, 11) is 0. The third-order valence-corrected chi connectivity index (χ3v) is 6.08. The summed E-state index contributed by atoms with van der Waals surface area (Å²) in [5.74, 6) is 1.07. The van der Waals surface area contributed by atoms with Gasteiger partial charge in [0.25, 0.3) is 0 Å². The van der Waals surface area contributed by atoms with Gasteiger partial charge in [0.1, 0.15) is 22.5 Å². The van der Waals surface area contributed by atoms with Crippen LogP contribution >= 0.6 is 11.6 Å². The molecule has 1 N–H and O–H groups in total. The molecule has 5 nitrogen and oxygen atoms in total. The van der Waals surface area contributed by atoms with Gasteiger partial charge in [-0.1, -0.05) is 23.7 Å². The number of alkyl halides is 3. The number of nitrogens with one attached hydrogen (secondary N) is 1. The zero-order valence-electron chi connectivity index (χ0n) is 16.1. The number of nitrogens with zero attached hydrogens (tertiary/aromatic N) is 3. The van der Waals surface area contributed by atoms with E-state index >= 15 is 0 Å². The second kappa shape index (κ2) is 6.70. The number of hydrogen-bond donors (Lipinski definition) is 1. The van der Waals surface area contributed by atoms with Gasteiger partial charge in [-0.25, -0.2) is 15.0 Å². The molecule has 0 saturated heterocycles. The van der Waals surface area contributed by atoms with Crippen LogP contribution in [0.4, 0.5) is 19.0 Å². The van der Waals surface area contributed by atoms with Gasteiger partial charge in [-0.3, -0.25) is 0 Å². The summed E-state index contributed by atoms with van der Waals surface area (Å²) in [4.78, 5) is 13.6. The summed E-state index contributed by atoms with van der Waals surface area (Å²) in [6.07, 6.45) is -0.636. The van der Waals surface area contributed by atoms with Crippen molar-refractivity contribution < 1.29 is 17.9 Å². The Balaban J connectivity index is 1.69. The van der Waals surface area contributed by atoms with E-state index in [4.69, 9.17) is 21.3 Å². The van der Waals surface area contributed by atoms with Crippen LogP contribution in [0.25, 0.3) is 10.9 Å².